The van der Waals surface area contributed by atoms with E-state index in [2.05, 4.69) is 11.4 Å². The Labute approximate surface area is 139 Å². The van der Waals surface area contributed by atoms with Crippen molar-refractivity contribution in [1.82, 2.24) is 5.32 Å². The standard InChI is InChI=1S/C17H20N2O5/c20-16(18-10-9-13-5-2-1-3-6-13)12-24-17(21)14-7-4-8-15(11-14)19(22)23/h4-5,7-8,11H,1-3,6,9-10,12H2,(H,18,20). The van der Waals surface area contributed by atoms with Crippen LogP contribution >= 0.6 is 0 Å². The summed E-state index contributed by atoms with van der Waals surface area (Å²) >= 11 is 0. The maximum absolute atomic E-state index is 11.8. The van der Waals surface area contributed by atoms with Crippen LogP contribution in [0.4, 0.5) is 5.69 Å². The van der Waals surface area contributed by atoms with Gasteiger partial charge in [-0.1, -0.05) is 17.7 Å². The number of hydrogen-bond acceptors (Lipinski definition) is 5. The molecule has 0 unspecified atom stereocenters. The number of nitrogens with one attached hydrogen (secondary N) is 1. The largest absolute Gasteiger partial charge is 0.452 e. The first-order valence-corrected chi connectivity index (χ1v) is 7.92. The van der Waals surface area contributed by atoms with E-state index in [9.17, 15) is 19.7 Å². The Morgan fingerprint density at radius 1 is 1.29 bits per heavy atom. The summed E-state index contributed by atoms with van der Waals surface area (Å²) < 4.78 is 4.88. The quantitative estimate of drug-likeness (QED) is 0.358. The molecule has 0 radical (unpaired) electrons. The molecule has 1 N–H and O–H groups in total. The fourth-order valence-corrected chi connectivity index (χ4v) is 2.51. The number of esters is 1. The minimum atomic E-state index is -0.760. The number of amides is 1. The molecule has 24 heavy (non-hydrogen) atoms. The van der Waals surface area contributed by atoms with Gasteiger partial charge in [-0.2, -0.15) is 0 Å². The van der Waals surface area contributed by atoms with E-state index in [1.807, 2.05) is 0 Å². The second-order valence-corrected chi connectivity index (χ2v) is 5.59. The number of hydrogen-bond donors (Lipinski definition) is 1. The average Bonchev–Trinajstić information content (AvgIpc) is 2.60. The van der Waals surface area contributed by atoms with Crippen LogP contribution in [0.3, 0.4) is 0 Å². The van der Waals surface area contributed by atoms with Crippen LogP contribution in [0.15, 0.2) is 35.9 Å². The number of nitro groups is 1. The van der Waals surface area contributed by atoms with Crippen molar-refractivity contribution in [1.29, 1.82) is 0 Å². The molecule has 2 rings (SSSR count). The van der Waals surface area contributed by atoms with E-state index in [4.69, 9.17) is 4.74 Å². The van der Waals surface area contributed by atoms with Crippen molar-refractivity contribution >= 4 is 17.6 Å². The van der Waals surface area contributed by atoms with Gasteiger partial charge in [0.15, 0.2) is 6.61 Å². The Bertz CT molecular complexity index is 654. The van der Waals surface area contributed by atoms with Crippen molar-refractivity contribution in [3.8, 4) is 0 Å². The molecular weight excluding hydrogens is 312 g/mol. The van der Waals surface area contributed by atoms with E-state index in [1.54, 1.807) is 0 Å². The predicted octanol–water partition coefficient (Wildman–Crippen LogP) is 2.76. The molecule has 1 aliphatic carbocycles. The lowest BCUT2D eigenvalue weighted by molar-refractivity contribution is -0.384. The number of rotatable bonds is 7. The molecule has 0 aliphatic heterocycles. The molecule has 1 aromatic rings. The van der Waals surface area contributed by atoms with Gasteiger partial charge in [0.2, 0.25) is 0 Å². The summed E-state index contributed by atoms with van der Waals surface area (Å²) in [6.07, 6.45) is 7.63. The minimum absolute atomic E-state index is 0.0457. The molecule has 1 aliphatic rings. The van der Waals surface area contributed by atoms with Crippen molar-refractivity contribution in [2.24, 2.45) is 0 Å². The van der Waals surface area contributed by atoms with Gasteiger partial charge in [-0.15, -0.1) is 0 Å². The van der Waals surface area contributed by atoms with Gasteiger partial charge in [-0.05, 0) is 38.2 Å². The maximum Gasteiger partial charge on any atom is 0.338 e. The van der Waals surface area contributed by atoms with Crippen LogP contribution in [0, 0.1) is 10.1 Å². The fraction of sp³-hybridized carbons (Fsp3) is 0.412. The molecule has 0 fully saturated rings. The fourth-order valence-electron chi connectivity index (χ4n) is 2.51. The molecule has 128 valence electrons. The number of non-ortho nitro benzene ring substituents is 1. The SMILES string of the molecule is O=C(COC(=O)c1cccc([N+](=O)[O-])c1)NCCC1=CCCCC1. The second-order valence-electron chi connectivity index (χ2n) is 5.59. The monoisotopic (exact) mass is 332 g/mol. The number of nitrogens with zero attached hydrogens (tertiary/aromatic N) is 1. The number of nitro benzene ring substituents is 1. The summed E-state index contributed by atoms with van der Waals surface area (Å²) in [5.74, 6) is -1.14. The van der Waals surface area contributed by atoms with Crippen LogP contribution < -0.4 is 5.32 Å². The number of carbonyl (C=O) groups is 2. The van der Waals surface area contributed by atoms with Gasteiger partial charge < -0.3 is 10.1 Å². The van der Waals surface area contributed by atoms with E-state index in [-0.39, 0.29) is 17.2 Å². The number of carbonyl (C=O) groups excluding carboxylic acids is 2. The van der Waals surface area contributed by atoms with E-state index >= 15 is 0 Å². The van der Waals surface area contributed by atoms with Gasteiger partial charge >= 0.3 is 5.97 Å². The van der Waals surface area contributed by atoms with E-state index in [1.165, 1.54) is 36.6 Å². The first kappa shape index (κ1) is 17.7. The van der Waals surface area contributed by atoms with Crippen molar-refractivity contribution in [2.75, 3.05) is 13.2 Å². The molecule has 0 saturated carbocycles. The topological polar surface area (TPSA) is 98.5 Å². The van der Waals surface area contributed by atoms with Crippen LogP contribution in [0.25, 0.3) is 0 Å². The zero-order valence-electron chi connectivity index (χ0n) is 13.3. The van der Waals surface area contributed by atoms with Gasteiger partial charge in [-0.3, -0.25) is 14.9 Å². The molecule has 7 nitrogen and oxygen atoms in total. The Hall–Kier alpha value is -2.70. The smallest absolute Gasteiger partial charge is 0.338 e. The zero-order valence-corrected chi connectivity index (χ0v) is 13.3. The molecule has 7 heteroatoms. The molecule has 0 bridgehead atoms. The third kappa shape index (κ3) is 5.49. The summed E-state index contributed by atoms with van der Waals surface area (Å²) in [7, 11) is 0. The molecule has 0 atom stereocenters. The minimum Gasteiger partial charge on any atom is -0.452 e. The van der Waals surface area contributed by atoms with Gasteiger partial charge in [0, 0.05) is 18.7 Å². The Morgan fingerprint density at radius 2 is 2.12 bits per heavy atom. The molecule has 0 spiro atoms. The van der Waals surface area contributed by atoms with Crippen molar-refractivity contribution < 1.29 is 19.2 Å². The molecule has 1 aromatic carbocycles. The number of allylic oxidation sites excluding steroid dienone is 1. The molecule has 0 saturated heterocycles. The summed E-state index contributed by atoms with van der Waals surface area (Å²) in [6.45, 7) is 0.111. The Balaban J connectivity index is 1.72. The van der Waals surface area contributed by atoms with Crippen LogP contribution in [0.5, 0.6) is 0 Å². The highest BCUT2D eigenvalue weighted by atomic mass is 16.6. The highest BCUT2D eigenvalue weighted by molar-refractivity contribution is 5.91. The van der Waals surface area contributed by atoms with Gasteiger partial charge in [-0.25, -0.2) is 4.79 Å². The highest BCUT2D eigenvalue weighted by Crippen LogP contribution is 2.19. The van der Waals surface area contributed by atoms with Crippen molar-refractivity contribution in [2.45, 2.75) is 32.1 Å². The number of benzene rings is 1. The van der Waals surface area contributed by atoms with Crippen LogP contribution in [0.2, 0.25) is 0 Å². The molecule has 1 amide bonds. The Morgan fingerprint density at radius 3 is 2.83 bits per heavy atom. The van der Waals surface area contributed by atoms with Crippen molar-refractivity contribution in [3.63, 3.8) is 0 Å². The summed E-state index contributed by atoms with van der Waals surface area (Å²) in [4.78, 5) is 33.6. The van der Waals surface area contributed by atoms with E-state index in [0.29, 0.717) is 6.54 Å². The first-order chi connectivity index (χ1) is 11.6. The van der Waals surface area contributed by atoms with Crippen LogP contribution in [-0.2, 0) is 9.53 Å². The average molecular weight is 332 g/mol. The van der Waals surface area contributed by atoms with Crippen LogP contribution in [-0.4, -0.2) is 30.0 Å². The zero-order chi connectivity index (χ0) is 17.4. The van der Waals surface area contributed by atoms with Crippen molar-refractivity contribution in [3.05, 3.63) is 51.6 Å². The van der Waals surface area contributed by atoms with Gasteiger partial charge in [0.05, 0.1) is 10.5 Å². The van der Waals surface area contributed by atoms with E-state index in [0.717, 1.165) is 25.3 Å². The summed E-state index contributed by atoms with van der Waals surface area (Å²) in [6, 6.07) is 5.20. The Kier molecular flexibility index (Phi) is 6.48. The lowest BCUT2D eigenvalue weighted by atomic mass is 9.97. The summed E-state index contributed by atoms with van der Waals surface area (Å²) in [5, 5.41) is 13.4. The summed E-state index contributed by atoms with van der Waals surface area (Å²) in [5.41, 5.74) is 1.20. The first-order valence-electron chi connectivity index (χ1n) is 7.92. The lowest BCUT2D eigenvalue weighted by Gasteiger charge is -2.13. The third-order valence-corrected chi connectivity index (χ3v) is 3.78. The van der Waals surface area contributed by atoms with E-state index < -0.39 is 17.5 Å². The predicted molar refractivity (Wildman–Crippen MR) is 87.6 cm³/mol. The normalized spacial score (nSPS) is 13.8. The highest BCUT2D eigenvalue weighted by Gasteiger charge is 2.14. The molecule has 0 heterocycles. The van der Waals surface area contributed by atoms with Gasteiger partial charge in [0.25, 0.3) is 11.6 Å². The second kappa shape index (κ2) is 8.81. The maximum atomic E-state index is 11.8. The number of ether oxygens (including phenoxy) is 1. The van der Waals surface area contributed by atoms with Crippen LogP contribution in [0.1, 0.15) is 42.5 Å². The third-order valence-electron chi connectivity index (χ3n) is 3.78. The molecular formula is C17H20N2O5. The van der Waals surface area contributed by atoms with Gasteiger partial charge in [0.1, 0.15) is 0 Å². The lowest BCUT2D eigenvalue weighted by Crippen LogP contribution is -2.29. The molecule has 0 aromatic heterocycles.